The summed E-state index contributed by atoms with van der Waals surface area (Å²) >= 11 is 1.40. The second-order valence-corrected chi connectivity index (χ2v) is 6.63. The van der Waals surface area contributed by atoms with Gasteiger partial charge in [-0.1, -0.05) is 18.2 Å². The van der Waals surface area contributed by atoms with Gasteiger partial charge in [0.2, 0.25) is 0 Å². The highest BCUT2D eigenvalue weighted by atomic mass is 32.2. The zero-order valence-corrected chi connectivity index (χ0v) is 15.0. The summed E-state index contributed by atoms with van der Waals surface area (Å²) in [7, 11) is 3.12. The Morgan fingerprint density at radius 2 is 1.88 bits per heavy atom. The second kappa shape index (κ2) is 6.34. The Hall–Kier alpha value is -3.06. The lowest BCUT2D eigenvalue weighted by Gasteiger charge is -2.24. The van der Waals surface area contributed by atoms with Crippen LogP contribution >= 0.6 is 11.8 Å². The van der Waals surface area contributed by atoms with Crippen molar-refractivity contribution < 1.29 is 14.3 Å². The number of carbonyl (C=O) groups excluding carboxylic acids is 1. The number of nitrogens with zero attached hydrogens (tertiary/aromatic N) is 2. The fourth-order valence-electron chi connectivity index (χ4n) is 2.87. The first-order valence-corrected chi connectivity index (χ1v) is 8.66. The molecule has 0 radical (unpaired) electrons. The van der Waals surface area contributed by atoms with E-state index < -0.39 is 5.91 Å². The van der Waals surface area contributed by atoms with Gasteiger partial charge in [-0.15, -0.1) is 0 Å². The van der Waals surface area contributed by atoms with Crippen LogP contribution in [0.25, 0.3) is 6.08 Å². The average Bonchev–Trinajstić information content (AvgIpc) is 3.03. The first-order chi connectivity index (χ1) is 12.6. The molecule has 26 heavy (non-hydrogen) atoms. The van der Waals surface area contributed by atoms with E-state index >= 15 is 0 Å². The summed E-state index contributed by atoms with van der Waals surface area (Å²) in [5.41, 5.74) is 1.83. The Bertz CT molecular complexity index is 997. The standard InChI is InChI=1S/C19H15N3O3S/c1-24-14-8-7-11(10-15(14)25-2)9-12-17(20)22-13-5-3-4-6-16(13)26-19(22)21-18(12)23/h3-10,20H,1-2H3. The number of amidine groups is 2. The van der Waals surface area contributed by atoms with Gasteiger partial charge in [0.25, 0.3) is 5.91 Å². The highest BCUT2D eigenvalue weighted by molar-refractivity contribution is 8.15. The van der Waals surface area contributed by atoms with Crippen molar-refractivity contribution in [3.63, 3.8) is 0 Å². The molecule has 0 saturated carbocycles. The van der Waals surface area contributed by atoms with E-state index in [0.29, 0.717) is 16.7 Å². The number of thioether (sulfide) groups is 1. The fraction of sp³-hybridized carbons (Fsp3) is 0.105. The SMILES string of the molecule is COc1ccc(C=C2C(=N)N3C(=NC2=O)Sc2ccccc23)cc1OC. The molecule has 2 aromatic rings. The Morgan fingerprint density at radius 1 is 1.12 bits per heavy atom. The van der Waals surface area contributed by atoms with Crippen LogP contribution in [-0.2, 0) is 4.79 Å². The zero-order chi connectivity index (χ0) is 18.3. The van der Waals surface area contributed by atoms with Crippen molar-refractivity contribution in [2.24, 2.45) is 4.99 Å². The van der Waals surface area contributed by atoms with E-state index in [2.05, 4.69) is 4.99 Å². The van der Waals surface area contributed by atoms with E-state index in [-0.39, 0.29) is 11.4 Å². The fourth-order valence-corrected chi connectivity index (χ4v) is 3.89. The van der Waals surface area contributed by atoms with Crippen LogP contribution in [0.1, 0.15) is 5.56 Å². The number of methoxy groups -OCH3 is 2. The molecule has 0 atom stereocenters. The zero-order valence-electron chi connectivity index (χ0n) is 14.1. The highest BCUT2D eigenvalue weighted by Crippen LogP contribution is 2.42. The number of hydrogen-bond donors (Lipinski definition) is 1. The van der Waals surface area contributed by atoms with Gasteiger partial charge in [0.15, 0.2) is 16.7 Å². The Morgan fingerprint density at radius 3 is 2.65 bits per heavy atom. The van der Waals surface area contributed by atoms with Gasteiger partial charge in [-0.25, -0.2) is 0 Å². The van der Waals surface area contributed by atoms with Crippen LogP contribution in [0, 0.1) is 5.41 Å². The van der Waals surface area contributed by atoms with Crippen LogP contribution in [0.4, 0.5) is 5.69 Å². The maximum Gasteiger partial charge on any atom is 0.283 e. The maximum absolute atomic E-state index is 12.5. The number of anilines is 1. The first kappa shape index (κ1) is 16.4. The number of para-hydroxylation sites is 1. The number of fused-ring (bicyclic) bond motifs is 3. The summed E-state index contributed by atoms with van der Waals surface area (Å²) in [5, 5.41) is 9.07. The molecule has 6 nitrogen and oxygen atoms in total. The van der Waals surface area contributed by atoms with Crippen LogP contribution in [0.3, 0.4) is 0 Å². The average molecular weight is 365 g/mol. The maximum atomic E-state index is 12.5. The van der Waals surface area contributed by atoms with Crippen LogP contribution in [-0.4, -0.2) is 31.1 Å². The first-order valence-electron chi connectivity index (χ1n) is 7.85. The minimum Gasteiger partial charge on any atom is -0.493 e. The van der Waals surface area contributed by atoms with Gasteiger partial charge >= 0.3 is 0 Å². The quantitative estimate of drug-likeness (QED) is 0.842. The van der Waals surface area contributed by atoms with Gasteiger partial charge in [-0.3, -0.25) is 15.1 Å². The molecule has 0 saturated heterocycles. The summed E-state index contributed by atoms with van der Waals surface area (Å²) in [6, 6.07) is 13.0. The molecule has 2 aromatic carbocycles. The molecule has 1 N–H and O–H groups in total. The molecule has 2 aliphatic rings. The largest absolute Gasteiger partial charge is 0.493 e. The van der Waals surface area contributed by atoms with Gasteiger partial charge in [0, 0.05) is 4.90 Å². The van der Waals surface area contributed by atoms with Crippen molar-refractivity contribution in [1.82, 2.24) is 0 Å². The third-order valence-corrected chi connectivity index (χ3v) is 5.15. The summed E-state index contributed by atoms with van der Waals surface area (Å²) in [6.07, 6.45) is 1.65. The van der Waals surface area contributed by atoms with Crippen molar-refractivity contribution >= 4 is 40.4 Å². The summed E-state index contributed by atoms with van der Waals surface area (Å²) in [5.74, 6) is 0.858. The predicted molar refractivity (Wildman–Crippen MR) is 102 cm³/mol. The number of rotatable bonds is 3. The molecule has 2 aliphatic heterocycles. The molecule has 4 rings (SSSR count). The van der Waals surface area contributed by atoms with Crippen LogP contribution in [0.2, 0.25) is 0 Å². The number of aliphatic imine (C=N–C) groups is 1. The second-order valence-electron chi connectivity index (χ2n) is 5.63. The minimum absolute atomic E-state index is 0.118. The molecule has 0 aromatic heterocycles. The van der Waals surface area contributed by atoms with Gasteiger partial charge in [0.1, 0.15) is 5.84 Å². The highest BCUT2D eigenvalue weighted by Gasteiger charge is 2.37. The van der Waals surface area contributed by atoms with E-state index in [1.165, 1.54) is 11.8 Å². The van der Waals surface area contributed by atoms with Gasteiger partial charge < -0.3 is 9.47 Å². The molecule has 0 bridgehead atoms. The smallest absolute Gasteiger partial charge is 0.283 e. The van der Waals surface area contributed by atoms with Crippen molar-refractivity contribution in [3.8, 4) is 11.5 Å². The normalized spacial score (nSPS) is 17.1. The summed E-state index contributed by atoms with van der Waals surface area (Å²) in [6.45, 7) is 0. The number of ether oxygens (including phenoxy) is 2. The molecular weight excluding hydrogens is 350 g/mol. The lowest BCUT2D eigenvalue weighted by atomic mass is 10.1. The van der Waals surface area contributed by atoms with E-state index in [9.17, 15) is 4.79 Å². The molecule has 0 fully saturated rings. The summed E-state index contributed by atoms with van der Waals surface area (Å²) in [4.78, 5) is 19.3. The Balaban J connectivity index is 1.76. The van der Waals surface area contributed by atoms with Crippen molar-refractivity contribution in [1.29, 1.82) is 5.41 Å². The molecule has 1 amide bonds. The van der Waals surface area contributed by atoms with Crippen LogP contribution in [0.5, 0.6) is 11.5 Å². The molecule has 130 valence electrons. The number of nitrogens with one attached hydrogen (secondary N) is 1. The molecule has 0 aliphatic carbocycles. The van der Waals surface area contributed by atoms with Gasteiger partial charge in [0.05, 0.1) is 25.5 Å². The molecule has 0 spiro atoms. The Labute approximate surface area is 154 Å². The van der Waals surface area contributed by atoms with Crippen molar-refractivity contribution in [3.05, 3.63) is 53.6 Å². The lowest BCUT2D eigenvalue weighted by molar-refractivity contribution is -0.113. The molecule has 7 heteroatoms. The number of hydrogen-bond acceptors (Lipinski definition) is 5. The van der Waals surface area contributed by atoms with Gasteiger partial charge in [-0.2, -0.15) is 4.99 Å². The minimum atomic E-state index is -0.420. The van der Waals surface area contributed by atoms with Crippen molar-refractivity contribution in [2.75, 3.05) is 19.1 Å². The topological polar surface area (TPSA) is 75.0 Å². The monoisotopic (exact) mass is 365 g/mol. The number of carbonyl (C=O) groups is 1. The third-order valence-electron chi connectivity index (χ3n) is 4.12. The molecular formula is C19H15N3O3S. The predicted octanol–water partition coefficient (Wildman–Crippen LogP) is 3.57. The lowest BCUT2D eigenvalue weighted by Crippen LogP contribution is -2.39. The van der Waals surface area contributed by atoms with E-state index in [1.54, 1.807) is 43.4 Å². The Kier molecular flexibility index (Phi) is 4.00. The van der Waals surface area contributed by atoms with E-state index in [0.717, 1.165) is 16.1 Å². The van der Waals surface area contributed by atoms with Crippen LogP contribution in [0.15, 0.2) is 57.9 Å². The number of benzene rings is 2. The molecule has 0 unspecified atom stereocenters. The summed E-state index contributed by atoms with van der Waals surface area (Å²) < 4.78 is 10.5. The van der Waals surface area contributed by atoms with Crippen LogP contribution < -0.4 is 14.4 Å². The van der Waals surface area contributed by atoms with Gasteiger partial charge in [-0.05, 0) is 47.7 Å². The third kappa shape index (κ3) is 2.57. The molecule has 2 heterocycles. The van der Waals surface area contributed by atoms with Crippen molar-refractivity contribution in [2.45, 2.75) is 4.90 Å². The van der Waals surface area contributed by atoms with E-state index in [4.69, 9.17) is 14.9 Å². The van der Waals surface area contributed by atoms with E-state index in [1.807, 2.05) is 24.3 Å². The number of amides is 1.